The number of hydrogen-bond donors (Lipinski definition) is 1. The Morgan fingerprint density at radius 3 is 2.88 bits per heavy atom. The van der Waals surface area contributed by atoms with Crippen molar-refractivity contribution in [3.05, 3.63) is 41.7 Å². The Morgan fingerprint density at radius 2 is 2.12 bits per heavy atom. The average Bonchev–Trinajstić information content (AvgIpc) is 2.77. The number of aryl methyl sites for hydroxylation is 2. The SMILES string of the molecule is CCCNc1nccn1-c1cc(C)ccc1C. The molecular formula is C14H19N3. The lowest BCUT2D eigenvalue weighted by atomic mass is 10.1. The van der Waals surface area contributed by atoms with Crippen molar-refractivity contribution in [1.29, 1.82) is 0 Å². The highest BCUT2D eigenvalue weighted by molar-refractivity contribution is 5.48. The van der Waals surface area contributed by atoms with E-state index < -0.39 is 0 Å². The number of imidazole rings is 1. The normalized spacial score (nSPS) is 10.5. The average molecular weight is 229 g/mol. The highest BCUT2D eigenvalue weighted by Crippen LogP contribution is 2.19. The minimum atomic E-state index is 0.917. The topological polar surface area (TPSA) is 29.9 Å². The van der Waals surface area contributed by atoms with E-state index in [1.165, 1.54) is 16.8 Å². The lowest BCUT2D eigenvalue weighted by Crippen LogP contribution is -2.07. The van der Waals surface area contributed by atoms with E-state index in [0.717, 1.165) is 18.9 Å². The molecule has 1 heterocycles. The van der Waals surface area contributed by atoms with Crippen LogP contribution in [0.4, 0.5) is 5.95 Å². The van der Waals surface area contributed by atoms with Crippen LogP contribution >= 0.6 is 0 Å². The van der Waals surface area contributed by atoms with Gasteiger partial charge in [-0.3, -0.25) is 4.57 Å². The maximum Gasteiger partial charge on any atom is 0.207 e. The minimum Gasteiger partial charge on any atom is -0.355 e. The lowest BCUT2D eigenvalue weighted by molar-refractivity contribution is 0.934. The first-order valence-electron chi connectivity index (χ1n) is 6.07. The monoisotopic (exact) mass is 229 g/mol. The van der Waals surface area contributed by atoms with Gasteiger partial charge in [0.15, 0.2) is 0 Å². The van der Waals surface area contributed by atoms with Gasteiger partial charge < -0.3 is 5.32 Å². The van der Waals surface area contributed by atoms with Gasteiger partial charge >= 0.3 is 0 Å². The van der Waals surface area contributed by atoms with Crippen LogP contribution in [0.3, 0.4) is 0 Å². The molecule has 17 heavy (non-hydrogen) atoms. The van der Waals surface area contributed by atoms with Crippen molar-refractivity contribution >= 4 is 5.95 Å². The second-order valence-corrected chi connectivity index (χ2v) is 4.34. The molecule has 0 fully saturated rings. The van der Waals surface area contributed by atoms with Crippen molar-refractivity contribution in [1.82, 2.24) is 9.55 Å². The first kappa shape index (κ1) is 11.7. The Hall–Kier alpha value is -1.77. The van der Waals surface area contributed by atoms with Crippen LogP contribution in [0, 0.1) is 13.8 Å². The van der Waals surface area contributed by atoms with Crippen molar-refractivity contribution in [3.8, 4) is 5.69 Å². The molecule has 3 heteroatoms. The number of rotatable bonds is 4. The molecule has 0 saturated carbocycles. The van der Waals surface area contributed by atoms with Gasteiger partial charge in [-0.05, 0) is 37.5 Å². The van der Waals surface area contributed by atoms with Gasteiger partial charge in [0.1, 0.15) is 0 Å². The molecule has 0 spiro atoms. The van der Waals surface area contributed by atoms with E-state index >= 15 is 0 Å². The smallest absolute Gasteiger partial charge is 0.207 e. The third kappa shape index (κ3) is 2.49. The molecule has 0 radical (unpaired) electrons. The Morgan fingerprint density at radius 1 is 1.29 bits per heavy atom. The van der Waals surface area contributed by atoms with Crippen LogP contribution in [0.5, 0.6) is 0 Å². The minimum absolute atomic E-state index is 0.917. The van der Waals surface area contributed by atoms with Crippen molar-refractivity contribution in [2.45, 2.75) is 27.2 Å². The van der Waals surface area contributed by atoms with E-state index in [4.69, 9.17) is 0 Å². The molecule has 1 aromatic carbocycles. The molecule has 1 N–H and O–H groups in total. The summed E-state index contributed by atoms with van der Waals surface area (Å²) in [5.41, 5.74) is 3.72. The van der Waals surface area contributed by atoms with E-state index in [9.17, 15) is 0 Å². The lowest BCUT2D eigenvalue weighted by Gasteiger charge is -2.12. The fourth-order valence-corrected chi connectivity index (χ4v) is 1.84. The molecule has 2 aromatic rings. The number of aromatic nitrogens is 2. The molecule has 0 saturated heterocycles. The molecule has 0 aliphatic carbocycles. The molecule has 3 nitrogen and oxygen atoms in total. The largest absolute Gasteiger partial charge is 0.355 e. The van der Waals surface area contributed by atoms with E-state index in [1.807, 2.05) is 12.4 Å². The van der Waals surface area contributed by atoms with Crippen molar-refractivity contribution in [3.63, 3.8) is 0 Å². The maximum atomic E-state index is 4.35. The zero-order valence-corrected chi connectivity index (χ0v) is 10.7. The summed E-state index contributed by atoms with van der Waals surface area (Å²) in [6, 6.07) is 6.47. The summed E-state index contributed by atoms with van der Waals surface area (Å²) < 4.78 is 2.11. The van der Waals surface area contributed by atoms with Gasteiger partial charge in [0.05, 0.1) is 5.69 Å². The van der Waals surface area contributed by atoms with Gasteiger partial charge in [0.2, 0.25) is 5.95 Å². The van der Waals surface area contributed by atoms with Crippen LogP contribution in [0.25, 0.3) is 5.69 Å². The molecule has 0 aliphatic rings. The molecule has 0 bridgehead atoms. The van der Waals surface area contributed by atoms with Crippen LogP contribution < -0.4 is 5.32 Å². The predicted octanol–water partition coefficient (Wildman–Crippen LogP) is 3.31. The number of nitrogens with one attached hydrogen (secondary N) is 1. The molecule has 1 aromatic heterocycles. The fourth-order valence-electron chi connectivity index (χ4n) is 1.84. The number of hydrogen-bond acceptors (Lipinski definition) is 2. The van der Waals surface area contributed by atoms with Gasteiger partial charge in [-0.2, -0.15) is 0 Å². The Labute approximate surface area is 103 Å². The van der Waals surface area contributed by atoms with E-state index in [2.05, 4.69) is 53.8 Å². The predicted molar refractivity (Wildman–Crippen MR) is 71.8 cm³/mol. The zero-order chi connectivity index (χ0) is 12.3. The highest BCUT2D eigenvalue weighted by Gasteiger charge is 2.06. The Kier molecular flexibility index (Phi) is 3.47. The first-order valence-corrected chi connectivity index (χ1v) is 6.07. The molecule has 2 rings (SSSR count). The summed E-state index contributed by atoms with van der Waals surface area (Å²) in [5.74, 6) is 0.917. The summed E-state index contributed by atoms with van der Waals surface area (Å²) in [6.45, 7) is 7.33. The Balaban J connectivity index is 2.38. The van der Waals surface area contributed by atoms with Gasteiger partial charge in [-0.15, -0.1) is 0 Å². The van der Waals surface area contributed by atoms with E-state index in [-0.39, 0.29) is 0 Å². The number of benzene rings is 1. The van der Waals surface area contributed by atoms with Crippen LogP contribution in [-0.4, -0.2) is 16.1 Å². The van der Waals surface area contributed by atoms with Gasteiger partial charge in [0.25, 0.3) is 0 Å². The fraction of sp³-hybridized carbons (Fsp3) is 0.357. The summed E-state index contributed by atoms with van der Waals surface area (Å²) >= 11 is 0. The Bertz CT molecular complexity index is 500. The third-order valence-corrected chi connectivity index (χ3v) is 2.80. The maximum absolute atomic E-state index is 4.35. The third-order valence-electron chi connectivity index (χ3n) is 2.80. The van der Waals surface area contributed by atoms with Crippen molar-refractivity contribution in [2.24, 2.45) is 0 Å². The zero-order valence-electron chi connectivity index (χ0n) is 10.7. The molecule has 0 atom stereocenters. The van der Waals surface area contributed by atoms with Crippen molar-refractivity contribution < 1.29 is 0 Å². The number of anilines is 1. The molecular weight excluding hydrogens is 210 g/mol. The van der Waals surface area contributed by atoms with Crippen LogP contribution in [0.2, 0.25) is 0 Å². The van der Waals surface area contributed by atoms with Crippen LogP contribution in [0.15, 0.2) is 30.6 Å². The highest BCUT2D eigenvalue weighted by atomic mass is 15.2. The molecule has 0 aliphatic heterocycles. The van der Waals surface area contributed by atoms with Gasteiger partial charge in [-0.25, -0.2) is 4.98 Å². The first-order chi connectivity index (χ1) is 8.22. The second kappa shape index (κ2) is 5.04. The van der Waals surface area contributed by atoms with E-state index in [0.29, 0.717) is 0 Å². The van der Waals surface area contributed by atoms with Crippen molar-refractivity contribution in [2.75, 3.05) is 11.9 Å². The van der Waals surface area contributed by atoms with Gasteiger partial charge in [-0.1, -0.05) is 19.1 Å². The summed E-state index contributed by atoms with van der Waals surface area (Å²) in [4.78, 5) is 4.35. The van der Waals surface area contributed by atoms with Gasteiger partial charge in [0, 0.05) is 18.9 Å². The number of nitrogens with zero attached hydrogens (tertiary/aromatic N) is 2. The molecule has 0 unspecified atom stereocenters. The quantitative estimate of drug-likeness (QED) is 0.871. The summed E-state index contributed by atoms with van der Waals surface area (Å²) in [6.07, 6.45) is 4.93. The van der Waals surface area contributed by atoms with Crippen LogP contribution in [0.1, 0.15) is 24.5 Å². The standard InChI is InChI=1S/C14H19N3/c1-4-7-15-14-16-8-9-17(14)13-10-11(2)5-6-12(13)3/h5-6,8-10H,4,7H2,1-3H3,(H,15,16). The summed E-state index contributed by atoms with van der Waals surface area (Å²) in [7, 11) is 0. The van der Waals surface area contributed by atoms with E-state index in [1.54, 1.807) is 0 Å². The van der Waals surface area contributed by atoms with Crippen LogP contribution in [-0.2, 0) is 0 Å². The molecule has 0 amide bonds. The molecule has 90 valence electrons. The second-order valence-electron chi connectivity index (χ2n) is 4.34. The summed E-state index contributed by atoms with van der Waals surface area (Å²) in [5, 5.41) is 3.34.